The fourth-order valence-electron chi connectivity index (χ4n) is 2.73. The summed E-state index contributed by atoms with van der Waals surface area (Å²) in [6.07, 6.45) is 3.22. The average Bonchev–Trinajstić information content (AvgIpc) is 3.31. The largest absolute Gasteiger partial charge is 0.347 e. The normalized spacial score (nSPS) is 22.9. The third-order valence-electron chi connectivity index (χ3n) is 4.07. The van der Waals surface area contributed by atoms with E-state index in [4.69, 9.17) is 0 Å². The summed E-state index contributed by atoms with van der Waals surface area (Å²) in [5.41, 5.74) is 1.69. The van der Waals surface area contributed by atoms with Crippen LogP contribution in [0.25, 0.3) is 0 Å². The smallest absolute Gasteiger partial charge is 0.244 e. The number of hydrogen-bond donors (Lipinski definition) is 0. The van der Waals surface area contributed by atoms with Gasteiger partial charge in [0.2, 0.25) is 15.9 Å². The van der Waals surface area contributed by atoms with Gasteiger partial charge in [0.1, 0.15) is 6.04 Å². The van der Waals surface area contributed by atoms with Gasteiger partial charge in [-0.05, 0) is 30.7 Å². The van der Waals surface area contributed by atoms with Crippen molar-refractivity contribution in [3.63, 3.8) is 0 Å². The number of aryl methyl sites for hydroxylation is 1. The highest BCUT2D eigenvalue weighted by Crippen LogP contribution is 2.48. The number of benzene rings is 1. The first-order valence-corrected chi connectivity index (χ1v) is 8.99. The Balaban J connectivity index is 2.00. The predicted molar refractivity (Wildman–Crippen MR) is 89.7 cm³/mol. The van der Waals surface area contributed by atoms with Crippen molar-refractivity contribution in [1.29, 1.82) is 0 Å². The maximum Gasteiger partial charge on any atom is 0.244 e. The highest BCUT2D eigenvalue weighted by Gasteiger charge is 2.60. The van der Waals surface area contributed by atoms with Gasteiger partial charge in [-0.25, -0.2) is 8.42 Å². The van der Waals surface area contributed by atoms with Crippen molar-refractivity contribution in [3.8, 4) is 0 Å². The number of aromatic nitrogens is 1. The minimum Gasteiger partial charge on any atom is -0.347 e. The highest BCUT2D eigenvalue weighted by molar-refractivity contribution is 7.89. The van der Waals surface area contributed by atoms with E-state index in [-0.39, 0.29) is 10.8 Å². The molecular formula is C17H19N3O3S. The Hall–Kier alpha value is -2.25. The fraction of sp³-hybridized carbons (Fsp3) is 0.294. The van der Waals surface area contributed by atoms with Crippen LogP contribution in [-0.4, -0.2) is 48.7 Å². The van der Waals surface area contributed by atoms with E-state index in [0.717, 1.165) is 5.56 Å². The molecule has 1 aliphatic rings. The molecule has 1 aromatic heterocycles. The fourth-order valence-corrected chi connectivity index (χ4v) is 4.44. The number of hydrogen-bond acceptors (Lipinski definition) is 4. The molecule has 2 heterocycles. The Morgan fingerprint density at radius 1 is 1.17 bits per heavy atom. The number of likely N-dealkylation sites (N-methyl/N-ethyl adjacent to an activating group) is 1. The molecule has 0 radical (unpaired) electrons. The maximum absolute atomic E-state index is 13.0. The van der Waals surface area contributed by atoms with E-state index in [1.54, 1.807) is 62.9 Å². The number of carbonyl (C=O) groups excluding carboxylic acids is 1. The summed E-state index contributed by atoms with van der Waals surface area (Å²) in [5, 5.41) is 0. The summed E-state index contributed by atoms with van der Waals surface area (Å²) in [5.74, 6) is -0.237. The van der Waals surface area contributed by atoms with E-state index in [1.807, 2.05) is 6.92 Å². The Morgan fingerprint density at radius 3 is 2.38 bits per heavy atom. The third kappa shape index (κ3) is 2.81. The number of carbonyl (C=O) groups is 1. The van der Waals surface area contributed by atoms with Gasteiger partial charge in [0, 0.05) is 26.5 Å². The summed E-state index contributed by atoms with van der Waals surface area (Å²) in [6, 6.07) is 8.92. The van der Waals surface area contributed by atoms with E-state index >= 15 is 0 Å². The Morgan fingerprint density at radius 2 is 1.83 bits per heavy atom. The second kappa shape index (κ2) is 5.99. The zero-order valence-corrected chi connectivity index (χ0v) is 14.6. The lowest BCUT2D eigenvalue weighted by Crippen LogP contribution is -2.30. The summed E-state index contributed by atoms with van der Waals surface area (Å²) in [6.45, 7) is 1.89. The molecule has 1 amide bonds. The van der Waals surface area contributed by atoms with E-state index < -0.39 is 22.1 Å². The first-order valence-electron chi connectivity index (χ1n) is 7.55. The lowest BCUT2D eigenvalue weighted by molar-refractivity contribution is -0.128. The summed E-state index contributed by atoms with van der Waals surface area (Å²) < 4.78 is 27.2. The average molecular weight is 345 g/mol. The van der Waals surface area contributed by atoms with Gasteiger partial charge in [-0.2, -0.15) is 4.31 Å². The number of pyridine rings is 1. The van der Waals surface area contributed by atoms with Crippen LogP contribution in [-0.2, 0) is 14.8 Å². The van der Waals surface area contributed by atoms with Gasteiger partial charge in [-0.3, -0.25) is 9.78 Å². The number of sulfonamides is 1. The van der Waals surface area contributed by atoms with Crippen molar-refractivity contribution < 1.29 is 13.2 Å². The zero-order valence-electron chi connectivity index (χ0n) is 13.7. The van der Waals surface area contributed by atoms with Crippen LogP contribution in [0.15, 0.2) is 53.7 Å². The van der Waals surface area contributed by atoms with Crippen LogP contribution in [0.1, 0.15) is 17.2 Å². The van der Waals surface area contributed by atoms with Gasteiger partial charge >= 0.3 is 0 Å². The molecule has 1 fully saturated rings. The van der Waals surface area contributed by atoms with E-state index in [9.17, 15) is 13.2 Å². The summed E-state index contributed by atoms with van der Waals surface area (Å²) in [7, 11) is -0.504. The molecule has 0 spiro atoms. The van der Waals surface area contributed by atoms with Crippen LogP contribution in [0.3, 0.4) is 0 Å². The first kappa shape index (κ1) is 16.6. The SMILES string of the molecule is Cc1ccc(S(=O)(=O)N2[C@H](c3cccnc3)[C@@H]2C(=O)N(C)C)cc1. The molecule has 1 aromatic carbocycles. The topological polar surface area (TPSA) is 70.3 Å². The molecule has 1 saturated heterocycles. The molecule has 0 N–H and O–H groups in total. The maximum atomic E-state index is 13.0. The lowest BCUT2D eigenvalue weighted by atomic mass is 10.1. The summed E-state index contributed by atoms with van der Waals surface area (Å²) in [4.78, 5) is 18.1. The first-order chi connectivity index (χ1) is 11.3. The standard InChI is InChI=1S/C17H19N3O3S/c1-12-6-8-14(9-7-12)24(22,23)20-15(13-5-4-10-18-11-13)16(20)17(21)19(2)3/h4-11,15-16H,1-3H3/t15-,16-,20?/m1/s1. The number of amides is 1. The molecular weight excluding hydrogens is 326 g/mol. The summed E-state index contributed by atoms with van der Waals surface area (Å²) >= 11 is 0. The van der Waals surface area contributed by atoms with Gasteiger partial charge < -0.3 is 4.90 Å². The van der Waals surface area contributed by atoms with Crippen molar-refractivity contribution in [2.24, 2.45) is 0 Å². The van der Waals surface area contributed by atoms with Crippen molar-refractivity contribution >= 4 is 15.9 Å². The highest BCUT2D eigenvalue weighted by atomic mass is 32.2. The van der Waals surface area contributed by atoms with Gasteiger partial charge in [0.25, 0.3) is 0 Å². The molecule has 1 aliphatic heterocycles. The molecule has 3 atom stereocenters. The van der Waals surface area contributed by atoms with Gasteiger partial charge in [0.05, 0.1) is 10.9 Å². The van der Waals surface area contributed by atoms with Gasteiger partial charge in [-0.15, -0.1) is 0 Å². The molecule has 7 heteroatoms. The van der Waals surface area contributed by atoms with Crippen LogP contribution in [0.4, 0.5) is 0 Å². The van der Waals surface area contributed by atoms with E-state index in [0.29, 0.717) is 5.56 Å². The molecule has 126 valence electrons. The van der Waals surface area contributed by atoms with Gasteiger partial charge in [-0.1, -0.05) is 23.8 Å². The van der Waals surface area contributed by atoms with Crippen molar-refractivity contribution in [2.75, 3.05) is 14.1 Å². The van der Waals surface area contributed by atoms with E-state index in [1.165, 1.54) is 9.21 Å². The van der Waals surface area contributed by atoms with Crippen molar-refractivity contribution in [3.05, 3.63) is 59.9 Å². The Kier molecular flexibility index (Phi) is 4.15. The van der Waals surface area contributed by atoms with Crippen LogP contribution < -0.4 is 0 Å². The molecule has 3 rings (SSSR count). The molecule has 2 aromatic rings. The van der Waals surface area contributed by atoms with Crippen LogP contribution >= 0.6 is 0 Å². The zero-order chi connectivity index (χ0) is 17.5. The second-order valence-corrected chi connectivity index (χ2v) is 7.90. The third-order valence-corrected chi connectivity index (χ3v) is 5.95. The monoisotopic (exact) mass is 345 g/mol. The molecule has 1 unspecified atom stereocenters. The van der Waals surface area contributed by atoms with Crippen LogP contribution in [0.2, 0.25) is 0 Å². The van der Waals surface area contributed by atoms with Gasteiger partial charge in [0.15, 0.2) is 0 Å². The number of rotatable bonds is 4. The Bertz CT molecular complexity index is 848. The van der Waals surface area contributed by atoms with Crippen molar-refractivity contribution in [1.82, 2.24) is 14.2 Å². The lowest BCUT2D eigenvalue weighted by Gasteiger charge is -2.10. The minimum atomic E-state index is -3.75. The predicted octanol–water partition coefficient (Wildman–Crippen LogP) is 1.59. The molecule has 6 nitrogen and oxygen atoms in total. The van der Waals surface area contributed by atoms with Crippen LogP contribution in [0, 0.1) is 6.92 Å². The van der Waals surface area contributed by atoms with Crippen molar-refractivity contribution in [2.45, 2.75) is 23.9 Å². The Labute approximate surface area is 141 Å². The van der Waals surface area contributed by atoms with Crippen LogP contribution in [0.5, 0.6) is 0 Å². The molecule has 24 heavy (non-hydrogen) atoms. The minimum absolute atomic E-state index is 0.191. The molecule has 0 aliphatic carbocycles. The quantitative estimate of drug-likeness (QED) is 0.789. The van der Waals surface area contributed by atoms with E-state index in [2.05, 4.69) is 4.98 Å². The number of nitrogens with zero attached hydrogens (tertiary/aromatic N) is 3. The molecule has 0 saturated carbocycles. The second-order valence-electron chi connectivity index (χ2n) is 6.06. The molecule has 0 bridgehead atoms.